The second kappa shape index (κ2) is 45.7. The van der Waals surface area contributed by atoms with Crippen LogP contribution in [-0.2, 0) is 68.6 Å². The number of likely N-dealkylation sites (N-methyl/N-ethyl adjacent to an activating group) is 1. The van der Waals surface area contributed by atoms with Crippen molar-refractivity contribution in [1.29, 1.82) is 0 Å². The predicted molar refractivity (Wildman–Crippen MR) is 283 cm³/mol. The van der Waals surface area contributed by atoms with E-state index in [2.05, 4.69) is 32.3 Å². The van der Waals surface area contributed by atoms with Gasteiger partial charge in [0, 0.05) is 122 Å². The molecule has 1 aromatic carbocycles. The van der Waals surface area contributed by atoms with Crippen LogP contribution < -0.4 is 27.0 Å². The summed E-state index contributed by atoms with van der Waals surface area (Å²) in [5, 5.41) is 47.0. The molecular formula is C50H84N10O17. The summed E-state index contributed by atoms with van der Waals surface area (Å²) < 4.78 is 16.1. The molecule has 0 radical (unpaired) electrons. The third-order valence-corrected chi connectivity index (χ3v) is 10.9. The summed E-state index contributed by atoms with van der Waals surface area (Å²) in [6, 6.07) is 8.16. The molecule has 3 rings (SSSR count). The first-order valence-corrected chi connectivity index (χ1v) is 25.4. The van der Waals surface area contributed by atoms with E-state index < -0.39 is 35.7 Å². The van der Waals surface area contributed by atoms with Gasteiger partial charge in [0.1, 0.15) is 12.1 Å². The van der Waals surface area contributed by atoms with Crippen molar-refractivity contribution < 1.29 is 82.6 Å². The number of carboxylic acid groups (broad SMARTS) is 4. The van der Waals surface area contributed by atoms with E-state index in [1.54, 1.807) is 21.6 Å². The standard InChI is InChI=1S/C16H28N4O7.C15H31N3O5.C12H13NO.C7H12N2O4/c21-10-9-17-1-3-18(11-14(22)23)5-7-20(13-16(26)27)8-6-19(4-2-17)12-15(24)25;1-17-6-2-8-21-10-12-23-13-11-22-9-3-7-18-15(20)5-4-14(16)19;1-9(14)6-7-10-8-13-12-5-3-2-4-11(10)12;1-8-6(11)4-9-5(10)2-3-7(12)13/h10H,1-9,11-13H2,(H,22,23)(H,24,25)(H,26,27);17H,2-13H2,1H3,(H2,16,19)(H,18,20);2-5,8,13H,6-7H2,1H3;2-4H2,1H3,(H,8,11)(H,9,10)(H,12,13). The lowest BCUT2D eigenvalue weighted by Gasteiger charge is -2.32. The minimum absolute atomic E-state index is 0.0822. The van der Waals surface area contributed by atoms with Gasteiger partial charge in [-0.05, 0) is 51.4 Å². The molecule has 0 saturated carbocycles. The highest BCUT2D eigenvalue weighted by molar-refractivity contribution is 5.86. The van der Waals surface area contributed by atoms with Crippen LogP contribution in [0.3, 0.4) is 0 Å². The van der Waals surface area contributed by atoms with Crippen molar-refractivity contribution in [3.63, 3.8) is 0 Å². The van der Waals surface area contributed by atoms with E-state index in [-0.39, 0.29) is 76.0 Å². The largest absolute Gasteiger partial charge is 0.481 e. The normalized spacial score (nSPS) is 13.5. The number of carboxylic acids is 4. The Morgan fingerprint density at radius 3 is 1.52 bits per heavy atom. The summed E-state index contributed by atoms with van der Waals surface area (Å²) >= 11 is 0. The van der Waals surface area contributed by atoms with Crippen molar-refractivity contribution in [1.82, 2.24) is 45.9 Å². The number of aromatic amines is 1. The lowest BCUT2D eigenvalue weighted by atomic mass is 10.1. The van der Waals surface area contributed by atoms with E-state index in [1.165, 1.54) is 18.0 Å². The number of aromatic nitrogens is 1. The number of carbonyl (C=O) groups excluding carboxylic acids is 6. The van der Waals surface area contributed by atoms with E-state index in [0.29, 0.717) is 98.4 Å². The average molecular weight is 1100 g/mol. The lowest BCUT2D eigenvalue weighted by Crippen LogP contribution is -2.48. The molecule has 0 spiro atoms. The molecule has 4 amide bonds. The smallest absolute Gasteiger partial charge is 0.317 e. The number of carbonyl (C=O) groups is 10. The Labute approximate surface area is 449 Å². The zero-order chi connectivity index (χ0) is 57.6. The Morgan fingerprint density at radius 2 is 1.06 bits per heavy atom. The number of ether oxygens (including phenoxy) is 3. The molecule has 1 fully saturated rings. The van der Waals surface area contributed by atoms with E-state index in [4.69, 9.17) is 40.4 Å². The number of H-pyrrole nitrogens is 1. The number of fused-ring (bicyclic) bond motifs is 1. The molecule has 2 heterocycles. The van der Waals surface area contributed by atoms with Crippen LogP contribution in [0.4, 0.5) is 0 Å². The highest BCUT2D eigenvalue weighted by atomic mass is 16.5. The third-order valence-electron chi connectivity index (χ3n) is 10.9. The van der Waals surface area contributed by atoms with Crippen LogP contribution in [0, 0.1) is 0 Å². The molecule has 0 bridgehead atoms. The molecule has 0 atom stereocenters. The van der Waals surface area contributed by atoms with Crippen molar-refractivity contribution in [2.45, 2.75) is 58.3 Å². The fraction of sp³-hybridized carbons (Fsp3) is 0.640. The number of Topliss-reactive ketones (excluding diaryl/α,β-unsaturated/α-hetero) is 1. The summed E-state index contributed by atoms with van der Waals surface area (Å²) in [7, 11) is 3.37. The topological polar surface area (TPSA) is 382 Å². The molecule has 0 unspecified atom stereocenters. The van der Waals surface area contributed by atoms with Crippen molar-refractivity contribution in [2.24, 2.45) is 5.73 Å². The number of amides is 4. The van der Waals surface area contributed by atoms with Crippen LogP contribution in [0.15, 0.2) is 30.5 Å². The van der Waals surface area contributed by atoms with Crippen LogP contribution in [0.25, 0.3) is 10.9 Å². The Kier molecular flexibility index (Phi) is 41.9. The highest BCUT2D eigenvalue weighted by Gasteiger charge is 2.20. The summed E-state index contributed by atoms with van der Waals surface area (Å²) in [6.07, 6.45) is 5.83. The number of hydrogen-bond donors (Lipinski definition) is 10. The number of nitrogens with two attached hydrogens (primary N) is 1. The van der Waals surface area contributed by atoms with Gasteiger partial charge in [-0.25, -0.2) is 0 Å². The van der Waals surface area contributed by atoms with Gasteiger partial charge < -0.3 is 76.2 Å². The van der Waals surface area contributed by atoms with E-state index in [1.807, 2.05) is 36.3 Å². The zero-order valence-corrected chi connectivity index (χ0v) is 44.9. The van der Waals surface area contributed by atoms with Crippen molar-refractivity contribution >= 4 is 70.5 Å². The maximum absolute atomic E-state index is 11.3. The summed E-state index contributed by atoms with van der Waals surface area (Å²) in [5.41, 5.74) is 7.34. The van der Waals surface area contributed by atoms with Crippen molar-refractivity contribution in [3.05, 3.63) is 36.0 Å². The van der Waals surface area contributed by atoms with Gasteiger partial charge in [-0.1, -0.05) is 18.2 Å². The number of primary amides is 1. The molecular weight excluding hydrogens is 1010 g/mol. The number of benzene rings is 1. The number of nitrogens with zero attached hydrogens (tertiary/aromatic N) is 4. The molecule has 2 aromatic rings. The molecule has 27 nitrogen and oxygen atoms in total. The number of nitrogens with one attached hydrogen (secondary N) is 5. The lowest BCUT2D eigenvalue weighted by molar-refractivity contribution is -0.140. The van der Waals surface area contributed by atoms with Crippen LogP contribution in [0.5, 0.6) is 0 Å². The Balaban J connectivity index is 0.00000104. The van der Waals surface area contributed by atoms with Gasteiger partial charge in [0.05, 0.1) is 65.6 Å². The van der Waals surface area contributed by atoms with Crippen molar-refractivity contribution in [3.8, 4) is 0 Å². The highest BCUT2D eigenvalue weighted by Crippen LogP contribution is 2.19. The first kappa shape index (κ1) is 70.5. The van der Waals surface area contributed by atoms with Gasteiger partial charge in [0.2, 0.25) is 23.6 Å². The second-order valence-electron chi connectivity index (χ2n) is 17.3. The zero-order valence-electron chi connectivity index (χ0n) is 44.9. The molecule has 1 aliphatic heterocycles. The predicted octanol–water partition coefficient (Wildman–Crippen LogP) is -1.52. The quantitative estimate of drug-likeness (QED) is 0.0287. The molecule has 1 saturated heterocycles. The second-order valence-corrected chi connectivity index (χ2v) is 17.3. The molecule has 436 valence electrons. The number of hydrogen-bond acceptors (Lipinski definition) is 18. The summed E-state index contributed by atoms with van der Waals surface area (Å²) in [6.45, 7) is 9.39. The van der Waals surface area contributed by atoms with Gasteiger partial charge >= 0.3 is 23.9 Å². The van der Waals surface area contributed by atoms with Crippen molar-refractivity contribution in [2.75, 3.05) is 152 Å². The third kappa shape index (κ3) is 42.4. The first-order valence-electron chi connectivity index (χ1n) is 25.4. The molecule has 77 heavy (non-hydrogen) atoms. The number of ketones is 1. The Morgan fingerprint density at radius 1 is 0.597 bits per heavy atom. The molecule has 1 aliphatic rings. The minimum Gasteiger partial charge on any atom is -0.481 e. The Bertz CT molecular complexity index is 2010. The Hall–Kier alpha value is -6.46. The fourth-order valence-electron chi connectivity index (χ4n) is 6.76. The fourth-order valence-corrected chi connectivity index (χ4v) is 6.76. The SMILES string of the molecule is CC(=O)CCc1c[nH]c2ccccc12.CNC(=O)CNC(=O)CCC(=O)O.CNCCCOCCOCCOCCCNC(=O)CCC(N)=O.O=CCN1CCN(CC(=O)O)CCN(CC(=O)O)CCN(CC(=O)O)CC1. The van der Waals surface area contributed by atoms with Crippen LogP contribution in [-0.4, -0.2) is 256 Å². The van der Waals surface area contributed by atoms with Gasteiger partial charge in [0.25, 0.3) is 0 Å². The minimum atomic E-state index is -1.03. The number of para-hydroxylation sites is 1. The number of aliphatic carboxylic acids is 4. The molecule has 0 aliphatic carbocycles. The van der Waals surface area contributed by atoms with Gasteiger partial charge in [0.15, 0.2) is 0 Å². The molecule has 1 aromatic heterocycles. The van der Waals surface area contributed by atoms with Gasteiger partial charge in [-0.15, -0.1) is 0 Å². The monoisotopic (exact) mass is 1100 g/mol. The molecule has 27 heteroatoms. The average Bonchev–Trinajstić information content (AvgIpc) is 3.80. The van der Waals surface area contributed by atoms with Gasteiger partial charge in [-0.2, -0.15) is 0 Å². The van der Waals surface area contributed by atoms with E-state index in [0.717, 1.165) is 44.2 Å². The number of aryl methyl sites for hydroxylation is 1. The molecule has 11 N–H and O–H groups in total. The first-order chi connectivity index (χ1) is 36.8. The van der Waals surface area contributed by atoms with E-state index >= 15 is 0 Å². The summed E-state index contributed by atoms with van der Waals surface area (Å²) in [4.78, 5) is 118. The van der Waals surface area contributed by atoms with Crippen LogP contribution in [0.1, 0.15) is 57.4 Å². The maximum atomic E-state index is 11.3. The van der Waals surface area contributed by atoms with Crippen LogP contribution in [0.2, 0.25) is 0 Å². The number of rotatable bonds is 33. The van der Waals surface area contributed by atoms with Crippen LogP contribution >= 0.6 is 0 Å². The maximum Gasteiger partial charge on any atom is 0.317 e. The van der Waals surface area contributed by atoms with E-state index in [9.17, 15) is 47.9 Å². The summed E-state index contributed by atoms with van der Waals surface area (Å²) in [5.74, 6) is -5.11. The number of aldehydes is 1. The van der Waals surface area contributed by atoms with Gasteiger partial charge in [-0.3, -0.25) is 58.0 Å².